The van der Waals surface area contributed by atoms with Crippen LogP contribution in [0.15, 0.2) is 0 Å². The average Bonchev–Trinajstić information content (AvgIpc) is 2.10. The van der Waals surface area contributed by atoms with Crippen molar-refractivity contribution in [1.29, 1.82) is 5.26 Å². The van der Waals surface area contributed by atoms with Gasteiger partial charge in [-0.1, -0.05) is 6.92 Å². The Hall–Kier alpha value is -0.880. The fourth-order valence-corrected chi connectivity index (χ4v) is 1.52. The topological polar surface area (TPSA) is 44.1 Å². The molecule has 1 atom stereocenters. The predicted molar refractivity (Wildman–Crippen MR) is 45.5 cm³/mol. The van der Waals surface area contributed by atoms with Gasteiger partial charge in [0.2, 0.25) is 0 Å². The van der Waals surface area contributed by atoms with Crippen LogP contribution in [-0.2, 0) is 4.79 Å². The molecule has 3 heteroatoms. The second-order valence-corrected chi connectivity index (χ2v) is 3.13. The van der Waals surface area contributed by atoms with Gasteiger partial charge in [0.25, 0.3) is 0 Å². The van der Waals surface area contributed by atoms with Crippen molar-refractivity contribution in [3.8, 4) is 6.07 Å². The van der Waals surface area contributed by atoms with Crippen LogP contribution in [0.1, 0.15) is 26.2 Å². The number of likely N-dealkylation sites (tertiary alicyclic amines) is 1. The SMILES string of the molecule is CCC(C#N)N1CCC(=O)CC1. The molecule has 0 aromatic carbocycles. The molecule has 1 aliphatic heterocycles. The third-order valence-corrected chi connectivity index (χ3v) is 2.33. The monoisotopic (exact) mass is 166 g/mol. The van der Waals surface area contributed by atoms with E-state index in [0.717, 1.165) is 19.5 Å². The summed E-state index contributed by atoms with van der Waals surface area (Å²) in [7, 11) is 0. The second-order valence-electron chi connectivity index (χ2n) is 3.13. The lowest BCUT2D eigenvalue weighted by Crippen LogP contribution is -2.40. The van der Waals surface area contributed by atoms with Crippen LogP contribution in [0.2, 0.25) is 0 Å². The van der Waals surface area contributed by atoms with E-state index in [2.05, 4.69) is 11.0 Å². The minimum absolute atomic E-state index is 0.0121. The molecule has 0 aliphatic carbocycles. The molecule has 1 unspecified atom stereocenters. The molecule has 0 saturated carbocycles. The number of carbonyl (C=O) groups is 1. The van der Waals surface area contributed by atoms with E-state index in [0.29, 0.717) is 18.6 Å². The van der Waals surface area contributed by atoms with Crippen molar-refractivity contribution >= 4 is 5.78 Å². The van der Waals surface area contributed by atoms with Gasteiger partial charge in [-0.2, -0.15) is 5.26 Å². The molecule has 3 nitrogen and oxygen atoms in total. The maximum Gasteiger partial charge on any atom is 0.135 e. The zero-order chi connectivity index (χ0) is 8.97. The van der Waals surface area contributed by atoms with E-state index in [9.17, 15) is 4.79 Å². The van der Waals surface area contributed by atoms with Crippen LogP contribution in [0.25, 0.3) is 0 Å². The van der Waals surface area contributed by atoms with E-state index in [1.54, 1.807) is 0 Å². The lowest BCUT2D eigenvalue weighted by Gasteiger charge is -2.29. The van der Waals surface area contributed by atoms with Crippen molar-refractivity contribution in [1.82, 2.24) is 4.90 Å². The maximum atomic E-state index is 10.9. The summed E-state index contributed by atoms with van der Waals surface area (Å²) in [5, 5.41) is 8.77. The van der Waals surface area contributed by atoms with Gasteiger partial charge in [0.1, 0.15) is 5.78 Å². The number of nitrogens with zero attached hydrogens (tertiary/aromatic N) is 2. The van der Waals surface area contributed by atoms with E-state index in [-0.39, 0.29) is 6.04 Å². The van der Waals surface area contributed by atoms with Crippen molar-refractivity contribution in [3.63, 3.8) is 0 Å². The average molecular weight is 166 g/mol. The summed E-state index contributed by atoms with van der Waals surface area (Å²) in [6.45, 7) is 3.54. The number of nitriles is 1. The standard InChI is InChI=1S/C9H14N2O/c1-2-8(7-10)11-5-3-9(12)4-6-11/h8H,2-6H2,1H3. The van der Waals surface area contributed by atoms with E-state index >= 15 is 0 Å². The summed E-state index contributed by atoms with van der Waals surface area (Å²) in [4.78, 5) is 13.0. The molecule has 66 valence electrons. The lowest BCUT2D eigenvalue weighted by atomic mass is 10.1. The smallest absolute Gasteiger partial charge is 0.135 e. The van der Waals surface area contributed by atoms with Gasteiger partial charge >= 0.3 is 0 Å². The first kappa shape index (κ1) is 9.21. The predicted octanol–water partition coefficient (Wildman–Crippen LogP) is 0.953. The summed E-state index contributed by atoms with van der Waals surface area (Å²) in [5.74, 6) is 0.332. The lowest BCUT2D eigenvalue weighted by molar-refractivity contribution is -0.121. The van der Waals surface area contributed by atoms with Crippen LogP contribution >= 0.6 is 0 Å². The Balaban J connectivity index is 2.44. The highest BCUT2D eigenvalue weighted by Gasteiger charge is 2.21. The van der Waals surface area contributed by atoms with E-state index in [1.165, 1.54) is 0 Å². The number of carbonyl (C=O) groups excluding carboxylic acids is 1. The summed E-state index contributed by atoms with van der Waals surface area (Å²) in [6.07, 6.45) is 2.10. The number of rotatable bonds is 2. The quantitative estimate of drug-likeness (QED) is 0.613. The highest BCUT2D eigenvalue weighted by atomic mass is 16.1. The minimum atomic E-state index is 0.0121. The number of ketones is 1. The molecule has 1 rings (SSSR count). The molecule has 0 N–H and O–H groups in total. The van der Waals surface area contributed by atoms with E-state index < -0.39 is 0 Å². The van der Waals surface area contributed by atoms with Gasteiger partial charge in [-0.25, -0.2) is 0 Å². The third kappa shape index (κ3) is 2.05. The Labute approximate surface area is 73.0 Å². The Morgan fingerprint density at radius 2 is 2.17 bits per heavy atom. The molecule has 0 amide bonds. The molecule has 0 bridgehead atoms. The van der Waals surface area contributed by atoms with Gasteiger partial charge in [-0.05, 0) is 6.42 Å². The molecule has 12 heavy (non-hydrogen) atoms. The minimum Gasteiger partial charge on any atom is -0.300 e. The van der Waals surface area contributed by atoms with Crippen LogP contribution in [0.5, 0.6) is 0 Å². The van der Waals surface area contributed by atoms with Gasteiger partial charge in [0.05, 0.1) is 12.1 Å². The van der Waals surface area contributed by atoms with Gasteiger partial charge in [-0.3, -0.25) is 9.69 Å². The zero-order valence-electron chi connectivity index (χ0n) is 7.42. The van der Waals surface area contributed by atoms with Crippen molar-refractivity contribution < 1.29 is 4.79 Å². The number of Topliss-reactive ketones (excluding diaryl/α,β-unsaturated/α-hetero) is 1. The first-order chi connectivity index (χ1) is 5.77. The molecule has 1 fully saturated rings. The first-order valence-electron chi connectivity index (χ1n) is 4.43. The Kier molecular flexibility index (Phi) is 3.24. The van der Waals surface area contributed by atoms with Gasteiger partial charge in [0.15, 0.2) is 0 Å². The highest BCUT2D eigenvalue weighted by molar-refractivity contribution is 5.79. The van der Waals surface area contributed by atoms with Gasteiger partial charge in [-0.15, -0.1) is 0 Å². The molecule has 1 aliphatic rings. The maximum absolute atomic E-state index is 10.9. The normalized spacial score (nSPS) is 21.8. The summed E-state index contributed by atoms with van der Waals surface area (Å²) < 4.78 is 0. The van der Waals surface area contributed by atoms with E-state index in [1.807, 2.05) is 6.92 Å². The van der Waals surface area contributed by atoms with Crippen molar-refractivity contribution in [2.45, 2.75) is 32.2 Å². The van der Waals surface area contributed by atoms with Crippen molar-refractivity contribution in [2.75, 3.05) is 13.1 Å². The van der Waals surface area contributed by atoms with Crippen LogP contribution in [0, 0.1) is 11.3 Å². The third-order valence-electron chi connectivity index (χ3n) is 2.33. The molecule has 1 heterocycles. The van der Waals surface area contributed by atoms with E-state index in [4.69, 9.17) is 5.26 Å². The summed E-state index contributed by atoms with van der Waals surface area (Å²) >= 11 is 0. The Bertz CT molecular complexity index is 197. The van der Waals surface area contributed by atoms with Crippen LogP contribution in [0.4, 0.5) is 0 Å². The van der Waals surface area contributed by atoms with Crippen LogP contribution in [-0.4, -0.2) is 29.8 Å². The number of hydrogen-bond acceptors (Lipinski definition) is 3. The number of hydrogen-bond donors (Lipinski definition) is 0. The molecular weight excluding hydrogens is 152 g/mol. The molecular formula is C9H14N2O. The fourth-order valence-electron chi connectivity index (χ4n) is 1.52. The molecule has 0 aromatic rings. The molecule has 0 radical (unpaired) electrons. The first-order valence-corrected chi connectivity index (χ1v) is 4.43. The van der Waals surface area contributed by atoms with Crippen LogP contribution < -0.4 is 0 Å². The van der Waals surface area contributed by atoms with Gasteiger partial charge in [0, 0.05) is 25.9 Å². The summed E-state index contributed by atoms with van der Waals surface area (Å²) in [6, 6.07) is 2.26. The second kappa shape index (κ2) is 4.22. The van der Waals surface area contributed by atoms with Crippen molar-refractivity contribution in [3.05, 3.63) is 0 Å². The molecule has 1 saturated heterocycles. The number of piperidine rings is 1. The highest BCUT2D eigenvalue weighted by Crippen LogP contribution is 2.11. The Morgan fingerprint density at radius 3 is 2.58 bits per heavy atom. The molecule has 0 aromatic heterocycles. The fraction of sp³-hybridized carbons (Fsp3) is 0.778. The molecule has 0 spiro atoms. The summed E-state index contributed by atoms with van der Waals surface area (Å²) in [5.41, 5.74) is 0. The van der Waals surface area contributed by atoms with Gasteiger partial charge < -0.3 is 0 Å². The van der Waals surface area contributed by atoms with Crippen LogP contribution in [0.3, 0.4) is 0 Å². The zero-order valence-corrected chi connectivity index (χ0v) is 7.42. The largest absolute Gasteiger partial charge is 0.300 e. The Morgan fingerprint density at radius 1 is 1.58 bits per heavy atom. The van der Waals surface area contributed by atoms with Crippen molar-refractivity contribution in [2.24, 2.45) is 0 Å².